The van der Waals surface area contributed by atoms with Crippen molar-refractivity contribution in [3.05, 3.63) is 39.4 Å². The molecule has 0 atom stereocenters. The molecule has 0 bridgehead atoms. The third-order valence-electron chi connectivity index (χ3n) is 5.56. The third-order valence-corrected chi connectivity index (χ3v) is 5.56. The average molecular weight is 348 g/mol. The normalized spacial score (nSPS) is 16.9. The van der Waals surface area contributed by atoms with E-state index in [9.17, 15) is 8.63 Å². The van der Waals surface area contributed by atoms with Crippen LogP contribution in [0.15, 0.2) is 16.8 Å². The summed E-state index contributed by atoms with van der Waals surface area (Å²) in [6, 6.07) is 0. The predicted octanol–water partition coefficient (Wildman–Crippen LogP) is 4.23. The fourth-order valence-corrected chi connectivity index (χ4v) is 4.24. The molecule has 0 aromatic carbocycles. The monoisotopic (exact) mass is 348 g/mol. The summed E-state index contributed by atoms with van der Waals surface area (Å²) in [6.07, 6.45) is 1.67. The summed E-state index contributed by atoms with van der Waals surface area (Å²) in [4.78, 5) is 0. The van der Waals surface area contributed by atoms with Gasteiger partial charge in [0, 0.05) is 37.9 Å². The van der Waals surface area contributed by atoms with Gasteiger partial charge in [0.05, 0.1) is 5.69 Å². The second kappa shape index (κ2) is 7.18. The number of aromatic nitrogens is 1. The Morgan fingerprint density at radius 3 is 2.12 bits per heavy atom. The minimum atomic E-state index is -2.57. The molecular weight excluding hydrogens is 319 g/mol. The Hall–Kier alpha value is -1.85. The maximum Gasteiger partial charge on any atom is 0.934 e. The van der Waals surface area contributed by atoms with Crippen LogP contribution >= 0.6 is 0 Å². The van der Waals surface area contributed by atoms with E-state index in [4.69, 9.17) is 0 Å². The largest absolute Gasteiger partial charge is 0.934 e. The Bertz CT molecular complexity index is 798. The molecule has 1 aromatic heterocycles. The highest BCUT2D eigenvalue weighted by atomic mass is 19.2. The van der Waals surface area contributed by atoms with Gasteiger partial charge in [-0.05, 0) is 44.7 Å². The number of hydrogen-bond donors (Lipinski definition) is 1. The zero-order chi connectivity index (χ0) is 19.0. The van der Waals surface area contributed by atoms with E-state index in [1.165, 1.54) is 15.7 Å². The van der Waals surface area contributed by atoms with Crippen LogP contribution in [-0.2, 0) is 13.5 Å². The number of halogens is 2. The lowest BCUT2D eigenvalue weighted by Crippen LogP contribution is -2.27. The summed E-state index contributed by atoms with van der Waals surface area (Å²) in [5.41, 5.74) is 8.56. The zero-order valence-corrected chi connectivity index (χ0v) is 16.6. The maximum atomic E-state index is 13.9. The van der Waals surface area contributed by atoms with Crippen molar-refractivity contribution in [1.29, 1.82) is 0 Å². The molecule has 1 aromatic rings. The smallest absolute Gasteiger partial charge is 0.381 e. The summed E-state index contributed by atoms with van der Waals surface area (Å²) in [7, 11) is 1.25. The summed E-state index contributed by atoms with van der Waals surface area (Å²) >= 11 is 0. The lowest BCUT2D eigenvalue weighted by Gasteiger charge is -2.14. The van der Waals surface area contributed by atoms with Crippen molar-refractivity contribution in [2.45, 2.75) is 54.4 Å². The highest BCUT2D eigenvalue weighted by molar-refractivity contribution is 6.35. The van der Waals surface area contributed by atoms with Gasteiger partial charge in [-0.25, -0.2) is 13.1 Å². The third kappa shape index (κ3) is 2.85. The molecule has 0 unspecified atom stereocenters. The van der Waals surface area contributed by atoms with Crippen LogP contribution in [0.3, 0.4) is 0 Å². The lowest BCUT2D eigenvalue weighted by molar-refractivity contribution is -0.343. The second-order valence-corrected chi connectivity index (χ2v) is 6.61. The molecule has 0 saturated heterocycles. The average Bonchev–Trinajstić information content (AvgIpc) is 2.93. The van der Waals surface area contributed by atoms with Gasteiger partial charge in [0.25, 0.3) is 0 Å². The quantitative estimate of drug-likeness (QED) is 0.790. The molecule has 2 rings (SSSR count). The van der Waals surface area contributed by atoms with Crippen LogP contribution in [0.1, 0.15) is 56.6 Å². The summed E-state index contributed by atoms with van der Waals surface area (Å²) in [5.74, 6) is 0. The molecule has 0 spiro atoms. The number of hydrogen-bond acceptors (Lipinski definition) is 1. The van der Waals surface area contributed by atoms with Crippen LogP contribution in [-0.4, -0.2) is 29.2 Å². The first-order valence-electron chi connectivity index (χ1n) is 8.91. The molecular formula is C19H29BF2N3+. The lowest BCUT2D eigenvalue weighted by atomic mass is 10.0. The maximum absolute atomic E-state index is 13.9. The summed E-state index contributed by atoms with van der Waals surface area (Å²) in [6.45, 7) is 12.0. The molecule has 25 heavy (non-hydrogen) atoms. The molecule has 3 nitrogen and oxygen atoms in total. The second-order valence-electron chi connectivity index (χ2n) is 6.61. The van der Waals surface area contributed by atoms with Crippen molar-refractivity contribution in [3.63, 3.8) is 0 Å². The predicted molar refractivity (Wildman–Crippen MR) is 102 cm³/mol. The zero-order valence-electron chi connectivity index (χ0n) is 16.6. The molecule has 2 heterocycles. The molecule has 0 radical (unpaired) electrons. The molecule has 136 valence electrons. The number of nitrogens with one attached hydrogen (secondary N) is 1. The molecule has 0 saturated carbocycles. The van der Waals surface area contributed by atoms with Gasteiger partial charge < -0.3 is 9.88 Å². The number of nitrogens with zero attached hydrogens (tertiary/aromatic N) is 2. The van der Waals surface area contributed by atoms with Crippen LogP contribution in [0.25, 0.3) is 5.70 Å². The Balaban J connectivity index is 2.90. The SMILES string of the molecule is CCC1=C(C)/C(=C(\NC)c2c(C)c(CC)c(C)n2C)[N+](B(F)F)=C1C. The van der Waals surface area contributed by atoms with Crippen molar-refractivity contribution < 1.29 is 13.1 Å². The summed E-state index contributed by atoms with van der Waals surface area (Å²) < 4.78 is 31.1. The van der Waals surface area contributed by atoms with Gasteiger partial charge >= 0.3 is 7.40 Å². The molecule has 0 amide bonds. The van der Waals surface area contributed by atoms with E-state index in [2.05, 4.69) is 30.7 Å². The van der Waals surface area contributed by atoms with Gasteiger partial charge in [0.1, 0.15) is 5.70 Å². The van der Waals surface area contributed by atoms with Crippen molar-refractivity contribution >= 4 is 18.8 Å². The number of rotatable bonds is 5. The van der Waals surface area contributed by atoms with Crippen molar-refractivity contribution in [2.75, 3.05) is 7.05 Å². The topological polar surface area (TPSA) is 20.0 Å². The highest BCUT2D eigenvalue weighted by Gasteiger charge is 2.47. The first-order chi connectivity index (χ1) is 11.7. The van der Waals surface area contributed by atoms with E-state index in [-0.39, 0.29) is 0 Å². The Kier molecular flexibility index (Phi) is 5.60. The van der Waals surface area contributed by atoms with Crippen LogP contribution in [0, 0.1) is 13.8 Å². The van der Waals surface area contributed by atoms with Gasteiger partial charge in [-0.15, -0.1) is 0 Å². The van der Waals surface area contributed by atoms with E-state index < -0.39 is 7.40 Å². The van der Waals surface area contributed by atoms with Gasteiger partial charge in [-0.2, -0.15) is 0 Å². The van der Waals surface area contributed by atoms with Crippen LogP contribution in [0.2, 0.25) is 0 Å². The van der Waals surface area contributed by atoms with E-state index in [0.29, 0.717) is 11.4 Å². The number of allylic oxidation sites excluding steroid dienone is 2. The van der Waals surface area contributed by atoms with Gasteiger partial charge in [0.15, 0.2) is 5.71 Å². The van der Waals surface area contributed by atoms with E-state index >= 15 is 0 Å². The Morgan fingerprint density at radius 2 is 1.72 bits per heavy atom. The highest BCUT2D eigenvalue weighted by Crippen LogP contribution is 2.35. The first kappa shape index (κ1) is 19.5. The van der Waals surface area contributed by atoms with Crippen LogP contribution in [0.5, 0.6) is 0 Å². The molecule has 6 heteroatoms. The summed E-state index contributed by atoms with van der Waals surface area (Å²) in [5, 5.41) is 3.22. The van der Waals surface area contributed by atoms with E-state index in [0.717, 1.165) is 40.9 Å². The molecule has 0 fully saturated rings. The minimum Gasteiger partial charge on any atom is -0.381 e. The van der Waals surface area contributed by atoms with Gasteiger partial charge in [0.2, 0.25) is 5.70 Å². The fraction of sp³-hybridized carbons (Fsp3) is 0.526. The van der Waals surface area contributed by atoms with Crippen LogP contribution < -0.4 is 5.32 Å². The molecule has 1 N–H and O–H groups in total. The Morgan fingerprint density at radius 1 is 1.12 bits per heavy atom. The van der Waals surface area contributed by atoms with Crippen molar-refractivity contribution in [1.82, 2.24) is 9.88 Å². The fourth-order valence-electron chi connectivity index (χ4n) is 4.24. The van der Waals surface area contributed by atoms with E-state index in [1.807, 2.05) is 27.9 Å². The first-order valence-corrected chi connectivity index (χ1v) is 8.91. The standard InChI is InChI=1S/C19H28BF2N3/c1-9-15-11(3)18(24(8)13(15)5)17(23-7)19-12(4)16(10-2)14(6)25(19)20(21)22/h9-10H2,1-8H3/p+1. The molecule has 1 aliphatic heterocycles. The molecule has 1 aliphatic rings. The van der Waals surface area contributed by atoms with Crippen molar-refractivity contribution in [3.8, 4) is 0 Å². The van der Waals surface area contributed by atoms with Gasteiger partial charge in [-0.1, -0.05) is 13.8 Å². The minimum absolute atomic E-state index is 0.596. The van der Waals surface area contributed by atoms with Crippen molar-refractivity contribution in [2.24, 2.45) is 7.05 Å². The van der Waals surface area contributed by atoms with Crippen LogP contribution in [0.4, 0.5) is 8.63 Å². The Labute approximate surface area is 150 Å². The molecule has 0 aliphatic carbocycles. The van der Waals surface area contributed by atoms with E-state index in [1.54, 1.807) is 6.92 Å². The van der Waals surface area contributed by atoms with Gasteiger partial charge in [-0.3, -0.25) is 0 Å².